The molecule has 0 bridgehead atoms. The number of hydrogen-bond donors (Lipinski definition) is 1. The topological polar surface area (TPSA) is 77.5 Å². The molecule has 1 N–H and O–H groups in total. The van der Waals surface area contributed by atoms with Gasteiger partial charge in [-0.25, -0.2) is 9.78 Å². The van der Waals surface area contributed by atoms with E-state index < -0.39 is 5.97 Å². The van der Waals surface area contributed by atoms with Crippen LogP contribution in [0.25, 0.3) is 0 Å². The Morgan fingerprint density at radius 3 is 2.79 bits per heavy atom. The number of anilines is 1. The van der Waals surface area contributed by atoms with Gasteiger partial charge in [-0.1, -0.05) is 17.7 Å². The van der Waals surface area contributed by atoms with Gasteiger partial charge in [0.2, 0.25) is 5.91 Å². The van der Waals surface area contributed by atoms with Crippen molar-refractivity contribution in [1.29, 1.82) is 0 Å². The smallest absolute Gasteiger partial charge is 0.357 e. The molecule has 1 amide bonds. The number of esters is 1. The summed E-state index contributed by atoms with van der Waals surface area (Å²) >= 11 is 1.18. The summed E-state index contributed by atoms with van der Waals surface area (Å²) in [5, 5.41) is 4.58. The number of carbonyl (C=O) groups excluding carboxylic acids is 2. The number of amides is 1. The highest BCUT2D eigenvalue weighted by molar-refractivity contribution is 7.14. The van der Waals surface area contributed by atoms with Crippen molar-refractivity contribution in [3.05, 3.63) is 40.4 Å². The maximum Gasteiger partial charge on any atom is 0.357 e. The fourth-order valence-electron chi connectivity index (χ4n) is 2.03. The molecule has 0 aliphatic carbocycles. The first-order valence-electron chi connectivity index (χ1n) is 7.62. The molecular weight excluding hydrogens is 328 g/mol. The fourth-order valence-corrected chi connectivity index (χ4v) is 2.72. The molecule has 0 saturated heterocycles. The van der Waals surface area contributed by atoms with Crippen molar-refractivity contribution in [2.45, 2.75) is 27.2 Å². The Hall–Kier alpha value is -2.41. The maximum absolute atomic E-state index is 11.9. The summed E-state index contributed by atoms with van der Waals surface area (Å²) in [6.45, 7) is 6.26. The molecule has 0 fully saturated rings. The fraction of sp³-hybridized carbons (Fsp3) is 0.353. The van der Waals surface area contributed by atoms with Crippen molar-refractivity contribution in [2.75, 3.05) is 18.5 Å². The maximum atomic E-state index is 11.9. The van der Waals surface area contributed by atoms with Gasteiger partial charge < -0.3 is 14.8 Å². The molecule has 7 heteroatoms. The number of ether oxygens (including phenoxy) is 2. The van der Waals surface area contributed by atoms with E-state index in [4.69, 9.17) is 9.47 Å². The lowest BCUT2D eigenvalue weighted by Crippen LogP contribution is -2.15. The standard InChI is InChI=1S/C17H20N2O4S/c1-4-22-16(21)13-10-24-17(18-13)19-15(20)7-8-23-14-6-5-11(2)9-12(14)3/h5-6,9-10H,4,7-8H2,1-3H3,(H,18,19,20). The van der Waals surface area contributed by atoms with Crippen LogP contribution in [0.15, 0.2) is 23.6 Å². The van der Waals surface area contributed by atoms with Gasteiger partial charge in [0.15, 0.2) is 10.8 Å². The second-order valence-electron chi connectivity index (χ2n) is 5.17. The average Bonchev–Trinajstić information content (AvgIpc) is 2.98. The van der Waals surface area contributed by atoms with Crippen LogP contribution in [0.4, 0.5) is 5.13 Å². The quantitative estimate of drug-likeness (QED) is 0.777. The molecule has 0 atom stereocenters. The van der Waals surface area contributed by atoms with Crippen molar-refractivity contribution < 1.29 is 19.1 Å². The van der Waals surface area contributed by atoms with Crippen molar-refractivity contribution in [1.82, 2.24) is 4.98 Å². The summed E-state index contributed by atoms with van der Waals surface area (Å²) < 4.78 is 10.5. The molecule has 24 heavy (non-hydrogen) atoms. The van der Waals surface area contributed by atoms with Gasteiger partial charge in [0, 0.05) is 5.38 Å². The van der Waals surface area contributed by atoms with Crippen molar-refractivity contribution in [2.24, 2.45) is 0 Å². The Bertz CT molecular complexity index is 727. The highest BCUT2D eigenvalue weighted by Crippen LogP contribution is 2.19. The Kier molecular flexibility index (Phi) is 6.31. The highest BCUT2D eigenvalue weighted by atomic mass is 32.1. The first-order valence-corrected chi connectivity index (χ1v) is 8.50. The minimum Gasteiger partial charge on any atom is -0.493 e. The molecule has 1 aromatic heterocycles. The minimum atomic E-state index is -0.493. The van der Waals surface area contributed by atoms with Crippen molar-refractivity contribution in [3.63, 3.8) is 0 Å². The van der Waals surface area contributed by atoms with Crippen LogP contribution in [0, 0.1) is 13.8 Å². The van der Waals surface area contributed by atoms with Crippen LogP contribution in [-0.2, 0) is 9.53 Å². The van der Waals surface area contributed by atoms with Crippen LogP contribution in [-0.4, -0.2) is 30.1 Å². The average molecular weight is 348 g/mol. The lowest BCUT2D eigenvalue weighted by atomic mass is 10.1. The van der Waals surface area contributed by atoms with Gasteiger partial charge in [0.25, 0.3) is 0 Å². The SMILES string of the molecule is CCOC(=O)c1csc(NC(=O)CCOc2ccc(C)cc2C)n1. The molecule has 2 rings (SSSR count). The van der Waals surface area contributed by atoms with E-state index in [-0.39, 0.29) is 31.2 Å². The van der Waals surface area contributed by atoms with Crippen LogP contribution < -0.4 is 10.1 Å². The van der Waals surface area contributed by atoms with Gasteiger partial charge in [-0.3, -0.25) is 4.79 Å². The Morgan fingerprint density at radius 1 is 1.29 bits per heavy atom. The number of thiazole rings is 1. The summed E-state index contributed by atoms with van der Waals surface area (Å²) in [7, 11) is 0. The number of aromatic nitrogens is 1. The van der Waals surface area contributed by atoms with Gasteiger partial charge in [-0.15, -0.1) is 11.3 Å². The normalized spacial score (nSPS) is 10.3. The zero-order valence-electron chi connectivity index (χ0n) is 13.9. The Balaban J connectivity index is 1.80. The van der Waals surface area contributed by atoms with E-state index in [1.807, 2.05) is 32.0 Å². The zero-order chi connectivity index (χ0) is 17.5. The molecule has 0 aliphatic heterocycles. The van der Waals surface area contributed by atoms with Crippen LogP contribution >= 0.6 is 11.3 Å². The summed E-state index contributed by atoms with van der Waals surface area (Å²) in [5.74, 6) is 0.0594. The number of hydrogen-bond acceptors (Lipinski definition) is 6. The third kappa shape index (κ3) is 5.06. The molecule has 0 radical (unpaired) electrons. The third-order valence-electron chi connectivity index (χ3n) is 3.15. The molecule has 1 aromatic carbocycles. The molecule has 0 unspecified atom stereocenters. The number of nitrogens with one attached hydrogen (secondary N) is 1. The first kappa shape index (κ1) is 17.9. The minimum absolute atomic E-state index is 0.196. The Morgan fingerprint density at radius 2 is 2.08 bits per heavy atom. The van der Waals surface area contributed by atoms with E-state index in [0.29, 0.717) is 5.13 Å². The van der Waals surface area contributed by atoms with E-state index in [1.165, 1.54) is 16.9 Å². The van der Waals surface area contributed by atoms with E-state index in [2.05, 4.69) is 10.3 Å². The van der Waals surface area contributed by atoms with E-state index >= 15 is 0 Å². The first-order chi connectivity index (χ1) is 11.5. The monoisotopic (exact) mass is 348 g/mol. The number of aryl methyl sites for hydroxylation is 2. The van der Waals surface area contributed by atoms with Gasteiger partial charge in [0.1, 0.15) is 5.75 Å². The second kappa shape index (κ2) is 8.44. The largest absolute Gasteiger partial charge is 0.493 e. The van der Waals surface area contributed by atoms with Gasteiger partial charge in [0.05, 0.1) is 19.6 Å². The third-order valence-corrected chi connectivity index (χ3v) is 3.91. The van der Waals surface area contributed by atoms with Crippen molar-refractivity contribution in [3.8, 4) is 5.75 Å². The molecular formula is C17H20N2O4S. The summed E-state index contributed by atoms with van der Waals surface area (Å²) in [4.78, 5) is 27.5. The number of carbonyl (C=O) groups is 2. The van der Waals surface area contributed by atoms with Crippen LogP contribution in [0.1, 0.15) is 35.0 Å². The predicted molar refractivity (Wildman–Crippen MR) is 92.7 cm³/mol. The number of benzene rings is 1. The number of rotatable bonds is 7. The molecule has 128 valence electrons. The molecule has 0 saturated carbocycles. The summed E-state index contributed by atoms with van der Waals surface area (Å²) in [6.07, 6.45) is 0.196. The molecule has 1 heterocycles. The van der Waals surface area contributed by atoms with Gasteiger partial charge >= 0.3 is 5.97 Å². The van der Waals surface area contributed by atoms with Gasteiger partial charge in [-0.2, -0.15) is 0 Å². The Labute approximate surface area is 144 Å². The number of nitrogens with zero attached hydrogens (tertiary/aromatic N) is 1. The molecule has 2 aromatic rings. The molecule has 0 aliphatic rings. The predicted octanol–water partition coefficient (Wildman–Crippen LogP) is 3.34. The summed E-state index contributed by atoms with van der Waals surface area (Å²) in [6, 6.07) is 5.89. The molecule has 6 nitrogen and oxygen atoms in total. The van der Waals surface area contributed by atoms with Gasteiger partial charge in [-0.05, 0) is 32.4 Å². The summed E-state index contributed by atoms with van der Waals surface area (Å²) in [5.41, 5.74) is 2.40. The highest BCUT2D eigenvalue weighted by Gasteiger charge is 2.13. The lowest BCUT2D eigenvalue weighted by molar-refractivity contribution is -0.116. The van der Waals surface area contributed by atoms with Crippen LogP contribution in [0.3, 0.4) is 0 Å². The van der Waals surface area contributed by atoms with E-state index in [1.54, 1.807) is 12.3 Å². The van der Waals surface area contributed by atoms with E-state index in [0.717, 1.165) is 11.3 Å². The van der Waals surface area contributed by atoms with Crippen LogP contribution in [0.5, 0.6) is 5.75 Å². The van der Waals surface area contributed by atoms with Crippen molar-refractivity contribution >= 4 is 28.3 Å². The zero-order valence-corrected chi connectivity index (χ0v) is 14.7. The lowest BCUT2D eigenvalue weighted by Gasteiger charge is -2.09. The van der Waals surface area contributed by atoms with Crippen LogP contribution in [0.2, 0.25) is 0 Å². The molecule has 0 spiro atoms. The second-order valence-corrected chi connectivity index (χ2v) is 6.03. The van der Waals surface area contributed by atoms with E-state index in [9.17, 15) is 9.59 Å².